The van der Waals surface area contributed by atoms with Crippen LogP contribution in [0.2, 0.25) is 0 Å². The van der Waals surface area contributed by atoms with Gasteiger partial charge in [-0.2, -0.15) is 0 Å². The van der Waals surface area contributed by atoms with E-state index in [-0.39, 0.29) is 49.7 Å². The van der Waals surface area contributed by atoms with E-state index in [1.807, 2.05) is 13.8 Å². The molecule has 0 bridgehead atoms. The van der Waals surface area contributed by atoms with E-state index in [2.05, 4.69) is 0 Å². The van der Waals surface area contributed by atoms with E-state index in [1.165, 1.54) is 44.3 Å². The summed E-state index contributed by atoms with van der Waals surface area (Å²) in [7, 11) is 2.96. The predicted molar refractivity (Wildman–Crippen MR) is 119 cm³/mol. The number of amides is 4. The Bertz CT molecular complexity index is 1020. The van der Waals surface area contributed by atoms with Gasteiger partial charge in [0.25, 0.3) is 5.56 Å². The van der Waals surface area contributed by atoms with Crippen molar-refractivity contribution in [1.82, 2.24) is 28.7 Å². The first-order valence-corrected chi connectivity index (χ1v) is 11.0. The molecule has 2 aliphatic heterocycles. The molecule has 0 saturated carbocycles. The lowest BCUT2D eigenvalue weighted by atomic mass is 10.2. The standard InChI is InChI=1S/C21H34N6O6/c1-13(2)8-23-16-17(26(12-33-7)21(31)25(16)11-32-6)24(20(23)30)10-22-9-15(5)18(28)27(14(3)4)19(22)29/h9,13-14,16-17H,8,10-12H2,1-7H3. The number of rotatable bonds is 9. The summed E-state index contributed by atoms with van der Waals surface area (Å²) >= 11 is 0. The molecule has 4 amide bonds. The Kier molecular flexibility index (Phi) is 7.17. The van der Waals surface area contributed by atoms with Gasteiger partial charge in [-0.25, -0.2) is 14.4 Å². The maximum absolute atomic E-state index is 13.6. The molecule has 0 aromatic carbocycles. The van der Waals surface area contributed by atoms with Crippen LogP contribution in [0.1, 0.15) is 39.3 Å². The first kappa shape index (κ1) is 24.8. The van der Waals surface area contributed by atoms with Crippen molar-refractivity contribution < 1.29 is 19.1 Å². The van der Waals surface area contributed by atoms with Crippen molar-refractivity contribution in [2.45, 2.75) is 59.7 Å². The van der Waals surface area contributed by atoms with E-state index in [0.717, 1.165) is 0 Å². The Morgan fingerprint density at radius 1 is 0.848 bits per heavy atom. The van der Waals surface area contributed by atoms with Crippen LogP contribution in [0, 0.1) is 12.8 Å². The maximum atomic E-state index is 13.6. The molecule has 33 heavy (non-hydrogen) atoms. The van der Waals surface area contributed by atoms with Crippen molar-refractivity contribution in [3.63, 3.8) is 0 Å². The minimum absolute atomic E-state index is 0.00716. The number of carbonyl (C=O) groups excluding carboxylic acids is 2. The van der Waals surface area contributed by atoms with Crippen LogP contribution in [0.4, 0.5) is 9.59 Å². The number of hydrogen-bond acceptors (Lipinski definition) is 6. The number of fused-ring (bicyclic) bond motifs is 1. The lowest BCUT2D eigenvalue weighted by Crippen LogP contribution is -2.50. The molecule has 2 aliphatic rings. The lowest BCUT2D eigenvalue weighted by molar-refractivity contribution is 0.0204. The molecule has 0 radical (unpaired) electrons. The molecule has 0 spiro atoms. The fourth-order valence-corrected chi connectivity index (χ4v) is 4.51. The molecule has 3 rings (SSSR count). The third-order valence-corrected chi connectivity index (χ3v) is 5.80. The van der Waals surface area contributed by atoms with Crippen LogP contribution < -0.4 is 11.2 Å². The highest BCUT2D eigenvalue weighted by atomic mass is 16.5. The van der Waals surface area contributed by atoms with Crippen molar-refractivity contribution in [1.29, 1.82) is 0 Å². The van der Waals surface area contributed by atoms with Crippen LogP contribution >= 0.6 is 0 Å². The highest BCUT2D eigenvalue weighted by molar-refractivity contribution is 5.85. The van der Waals surface area contributed by atoms with Crippen LogP contribution in [-0.4, -0.2) is 87.4 Å². The van der Waals surface area contributed by atoms with E-state index in [1.54, 1.807) is 25.7 Å². The molecular formula is C21H34N6O6. The zero-order valence-electron chi connectivity index (χ0n) is 20.3. The van der Waals surface area contributed by atoms with E-state index in [9.17, 15) is 19.2 Å². The Balaban J connectivity index is 2.10. The van der Waals surface area contributed by atoms with E-state index < -0.39 is 18.0 Å². The highest BCUT2D eigenvalue weighted by Crippen LogP contribution is 2.35. The van der Waals surface area contributed by atoms with Gasteiger partial charge in [0, 0.05) is 38.6 Å². The monoisotopic (exact) mass is 466 g/mol. The van der Waals surface area contributed by atoms with E-state index in [0.29, 0.717) is 12.1 Å². The number of hydrogen-bond donors (Lipinski definition) is 0. The molecule has 1 aromatic heterocycles. The second-order valence-electron chi connectivity index (χ2n) is 9.16. The Labute approximate surface area is 192 Å². The summed E-state index contributed by atoms with van der Waals surface area (Å²) in [4.78, 5) is 58.4. The largest absolute Gasteiger partial charge is 0.364 e. The fourth-order valence-electron chi connectivity index (χ4n) is 4.51. The summed E-state index contributed by atoms with van der Waals surface area (Å²) in [6.45, 7) is 9.40. The van der Waals surface area contributed by atoms with Gasteiger partial charge in [0.1, 0.15) is 20.1 Å². The summed E-state index contributed by atoms with van der Waals surface area (Å²) in [6, 6.07) is -0.971. The van der Waals surface area contributed by atoms with Gasteiger partial charge >= 0.3 is 17.8 Å². The second-order valence-corrected chi connectivity index (χ2v) is 9.16. The van der Waals surface area contributed by atoms with Gasteiger partial charge in [-0.3, -0.25) is 33.5 Å². The van der Waals surface area contributed by atoms with E-state index >= 15 is 0 Å². The molecule has 12 nitrogen and oxygen atoms in total. The maximum Gasteiger partial charge on any atom is 0.332 e. The summed E-state index contributed by atoms with van der Waals surface area (Å²) in [5, 5.41) is 0. The molecule has 184 valence electrons. The molecule has 2 atom stereocenters. The average Bonchev–Trinajstić information content (AvgIpc) is 3.13. The van der Waals surface area contributed by atoms with Crippen molar-refractivity contribution in [3.05, 3.63) is 32.6 Å². The summed E-state index contributed by atoms with van der Waals surface area (Å²) < 4.78 is 13.0. The van der Waals surface area contributed by atoms with Gasteiger partial charge in [0.05, 0.1) is 0 Å². The van der Waals surface area contributed by atoms with Crippen molar-refractivity contribution in [2.75, 3.05) is 34.2 Å². The van der Waals surface area contributed by atoms with Crippen molar-refractivity contribution in [2.24, 2.45) is 5.92 Å². The first-order chi connectivity index (χ1) is 15.5. The zero-order valence-corrected chi connectivity index (χ0v) is 20.3. The minimum atomic E-state index is -0.689. The van der Waals surface area contributed by atoms with Crippen LogP contribution in [0.3, 0.4) is 0 Å². The van der Waals surface area contributed by atoms with Gasteiger partial charge in [0.15, 0.2) is 12.3 Å². The predicted octanol–water partition coefficient (Wildman–Crippen LogP) is 0.848. The number of nitrogens with zero attached hydrogens (tertiary/aromatic N) is 6. The van der Waals surface area contributed by atoms with Gasteiger partial charge in [-0.05, 0) is 26.7 Å². The normalized spacial score (nSPS) is 20.8. The number of aromatic nitrogens is 2. The summed E-state index contributed by atoms with van der Waals surface area (Å²) in [5.74, 6) is 0.151. The number of aryl methyl sites for hydroxylation is 1. The topological polar surface area (TPSA) is 110 Å². The summed E-state index contributed by atoms with van der Waals surface area (Å²) in [6.07, 6.45) is 0.169. The SMILES string of the molecule is COCN1C(=O)N(COC)C2C1N(CC(C)C)C(=O)N2Cn1cc(C)c(=O)n(C(C)C)c1=O. The molecule has 2 unspecified atom stereocenters. The zero-order chi connectivity index (χ0) is 24.6. The highest BCUT2D eigenvalue weighted by Gasteiger charge is 2.59. The van der Waals surface area contributed by atoms with E-state index in [4.69, 9.17) is 9.47 Å². The Morgan fingerprint density at radius 2 is 1.36 bits per heavy atom. The number of urea groups is 2. The molecule has 12 heteroatoms. The lowest BCUT2D eigenvalue weighted by Gasteiger charge is -2.30. The number of carbonyl (C=O) groups is 2. The molecule has 2 fully saturated rings. The average molecular weight is 467 g/mol. The van der Waals surface area contributed by atoms with Crippen molar-refractivity contribution >= 4 is 12.1 Å². The molecule has 0 aliphatic carbocycles. The van der Waals surface area contributed by atoms with Crippen molar-refractivity contribution in [3.8, 4) is 0 Å². The quantitative estimate of drug-likeness (QED) is 0.534. The van der Waals surface area contributed by atoms with Crippen LogP contribution in [0.15, 0.2) is 15.8 Å². The van der Waals surface area contributed by atoms with Gasteiger partial charge in [-0.15, -0.1) is 0 Å². The molecule has 1 aromatic rings. The Morgan fingerprint density at radius 3 is 1.85 bits per heavy atom. The van der Waals surface area contributed by atoms with Gasteiger partial charge in [-0.1, -0.05) is 13.8 Å². The summed E-state index contributed by atoms with van der Waals surface area (Å²) in [5.41, 5.74) is -0.479. The van der Waals surface area contributed by atoms with Crippen LogP contribution in [0.5, 0.6) is 0 Å². The molecule has 2 saturated heterocycles. The molecule has 3 heterocycles. The Hall–Kier alpha value is -2.86. The van der Waals surface area contributed by atoms with Gasteiger partial charge in [0.2, 0.25) is 0 Å². The fraction of sp³-hybridized carbons (Fsp3) is 0.714. The second kappa shape index (κ2) is 9.56. The third-order valence-electron chi connectivity index (χ3n) is 5.80. The third kappa shape index (κ3) is 4.24. The first-order valence-electron chi connectivity index (χ1n) is 11.0. The van der Waals surface area contributed by atoms with Gasteiger partial charge < -0.3 is 9.47 Å². The minimum Gasteiger partial charge on any atom is -0.364 e. The van der Waals surface area contributed by atoms with Crippen LogP contribution in [0.25, 0.3) is 0 Å². The smallest absolute Gasteiger partial charge is 0.332 e. The number of methoxy groups -OCH3 is 2. The number of ether oxygens (including phenoxy) is 2. The van der Waals surface area contributed by atoms with Crippen LogP contribution in [-0.2, 0) is 16.1 Å². The molecular weight excluding hydrogens is 432 g/mol. The molecule has 0 N–H and O–H groups in total.